The zero-order valence-corrected chi connectivity index (χ0v) is 19.2. The highest BCUT2D eigenvalue weighted by molar-refractivity contribution is 7.99. The number of methoxy groups -OCH3 is 2. The number of rotatable bonds is 8. The van der Waals surface area contributed by atoms with Crippen LogP contribution in [-0.2, 0) is 0 Å². The van der Waals surface area contributed by atoms with Gasteiger partial charge in [-0.05, 0) is 41.3 Å². The van der Waals surface area contributed by atoms with E-state index in [0.717, 1.165) is 16.1 Å². The molecule has 0 fully saturated rings. The summed E-state index contributed by atoms with van der Waals surface area (Å²) in [6.07, 6.45) is 0. The Morgan fingerprint density at radius 3 is 2.22 bits per heavy atom. The van der Waals surface area contributed by atoms with Crippen molar-refractivity contribution >= 4 is 34.7 Å². The van der Waals surface area contributed by atoms with Gasteiger partial charge in [-0.25, -0.2) is 0 Å². The van der Waals surface area contributed by atoms with Gasteiger partial charge in [-0.2, -0.15) is 9.97 Å². The lowest BCUT2D eigenvalue weighted by Gasteiger charge is -2.17. The van der Waals surface area contributed by atoms with Crippen molar-refractivity contribution in [2.75, 3.05) is 19.5 Å². The molecule has 0 aliphatic carbocycles. The highest BCUT2D eigenvalue weighted by Gasteiger charge is 2.21. The molecular formula is C24H21N3O3S2. The van der Waals surface area contributed by atoms with E-state index in [1.54, 1.807) is 38.1 Å². The molecule has 0 bridgehead atoms. The Kier molecular flexibility index (Phi) is 7.03. The number of carbonyl (C=O) groups excluding carboxylic acids is 1. The van der Waals surface area contributed by atoms with E-state index >= 15 is 0 Å². The summed E-state index contributed by atoms with van der Waals surface area (Å²) in [5, 5.41) is 4.63. The van der Waals surface area contributed by atoms with Gasteiger partial charge >= 0.3 is 0 Å². The molecule has 1 amide bonds. The van der Waals surface area contributed by atoms with Gasteiger partial charge in [-0.15, -0.1) is 23.1 Å². The van der Waals surface area contributed by atoms with E-state index < -0.39 is 0 Å². The van der Waals surface area contributed by atoms with Crippen LogP contribution in [0.2, 0.25) is 0 Å². The van der Waals surface area contributed by atoms with Gasteiger partial charge in [0.25, 0.3) is 5.91 Å². The summed E-state index contributed by atoms with van der Waals surface area (Å²) in [5.74, 6) is 1.37. The number of aromatic nitrogens is 2. The topological polar surface area (TPSA) is 73.3 Å². The van der Waals surface area contributed by atoms with E-state index in [1.165, 1.54) is 11.3 Å². The average molecular weight is 464 g/mol. The maximum atomic E-state index is 12.3. The maximum absolute atomic E-state index is 12.3. The van der Waals surface area contributed by atoms with Gasteiger partial charge in [-0.1, -0.05) is 36.4 Å². The van der Waals surface area contributed by atoms with E-state index in [-0.39, 0.29) is 11.2 Å². The van der Waals surface area contributed by atoms with Crippen molar-refractivity contribution in [3.05, 3.63) is 94.4 Å². The minimum atomic E-state index is -0.174. The molecule has 1 atom stereocenters. The standard InChI is InChI=1S/C24H21N3O3S2/c1-29-20-15-21(30-2)27-23(26-20)22(16-7-4-3-5-8-16)32-18-12-10-17(11-13-18)25-24(28)19-9-6-14-31-19/h3-15,22H,1-2H3,(H,25,28)/t22-/m0/s1. The lowest BCUT2D eigenvalue weighted by atomic mass is 10.1. The molecule has 0 aliphatic rings. The minimum absolute atomic E-state index is 0.112. The molecule has 32 heavy (non-hydrogen) atoms. The number of thioether (sulfide) groups is 1. The lowest BCUT2D eigenvalue weighted by molar-refractivity contribution is 0.103. The number of amides is 1. The molecule has 4 rings (SSSR count). The zero-order chi connectivity index (χ0) is 22.3. The molecule has 1 N–H and O–H groups in total. The van der Waals surface area contributed by atoms with Crippen molar-refractivity contribution in [2.45, 2.75) is 10.1 Å². The molecule has 2 aromatic carbocycles. The fourth-order valence-electron chi connectivity index (χ4n) is 3.00. The maximum Gasteiger partial charge on any atom is 0.265 e. The van der Waals surface area contributed by atoms with Crippen LogP contribution in [-0.4, -0.2) is 30.1 Å². The number of anilines is 1. The van der Waals surface area contributed by atoms with Crippen LogP contribution in [0, 0.1) is 0 Å². The zero-order valence-electron chi connectivity index (χ0n) is 17.5. The molecular weight excluding hydrogens is 442 g/mol. The van der Waals surface area contributed by atoms with Crippen molar-refractivity contribution in [2.24, 2.45) is 0 Å². The van der Waals surface area contributed by atoms with Gasteiger partial charge in [0.2, 0.25) is 11.8 Å². The predicted octanol–water partition coefficient (Wildman–Crippen LogP) is 5.69. The molecule has 0 spiro atoms. The number of nitrogens with zero attached hydrogens (tertiary/aromatic N) is 2. The third-order valence-electron chi connectivity index (χ3n) is 4.56. The quantitative estimate of drug-likeness (QED) is 0.339. The van der Waals surface area contributed by atoms with Crippen LogP contribution in [0.3, 0.4) is 0 Å². The summed E-state index contributed by atoms with van der Waals surface area (Å²) in [6, 6.07) is 23.1. The normalized spacial score (nSPS) is 11.6. The molecule has 0 unspecified atom stereocenters. The first-order valence-corrected chi connectivity index (χ1v) is 11.6. The van der Waals surface area contributed by atoms with Crippen LogP contribution in [0.15, 0.2) is 83.1 Å². The van der Waals surface area contributed by atoms with Gasteiger partial charge < -0.3 is 14.8 Å². The first-order chi connectivity index (χ1) is 15.7. The third-order valence-corrected chi connectivity index (χ3v) is 6.69. The summed E-state index contributed by atoms with van der Waals surface area (Å²) in [7, 11) is 3.14. The average Bonchev–Trinajstić information content (AvgIpc) is 3.39. The number of ether oxygens (including phenoxy) is 2. The minimum Gasteiger partial charge on any atom is -0.481 e. The number of thiophene rings is 1. The number of nitrogens with one attached hydrogen (secondary N) is 1. The van der Waals surface area contributed by atoms with E-state index in [2.05, 4.69) is 15.3 Å². The van der Waals surface area contributed by atoms with Crippen molar-refractivity contribution in [3.63, 3.8) is 0 Å². The fourth-order valence-corrected chi connectivity index (χ4v) is 4.69. The molecule has 2 aromatic heterocycles. The fraction of sp³-hybridized carbons (Fsp3) is 0.125. The molecule has 0 aliphatic heterocycles. The van der Waals surface area contributed by atoms with Crippen LogP contribution in [0.5, 0.6) is 11.8 Å². The number of benzene rings is 2. The second kappa shape index (κ2) is 10.3. The Hall–Kier alpha value is -3.36. The second-order valence-electron chi connectivity index (χ2n) is 6.68. The van der Waals surface area contributed by atoms with Gasteiger partial charge in [0.15, 0.2) is 5.82 Å². The van der Waals surface area contributed by atoms with Gasteiger partial charge in [0.05, 0.1) is 30.4 Å². The molecule has 6 nitrogen and oxygen atoms in total. The van der Waals surface area contributed by atoms with Crippen molar-refractivity contribution < 1.29 is 14.3 Å². The molecule has 4 aromatic rings. The number of hydrogen-bond acceptors (Lipinski definition) is 7. The van der Waals surface area contributed by atoms with E-state index in [9.17, 15) is 4.79 Å². The highest BCUT2D eigenvalue weighted by atomic mass is 32.2. The molecule has 8 heteroatoms. The largest absolute Gasteiger partial charge is 0.481 e. The summed E-state index contributed by atoms with van der Waals surface area (Å²) in [6.45, 7) is 0. The summed E-state index contributed by atoms with van der Waals surface area (Å²) < 4.78 is 10.7. The van der Waals surface area contributed by atoms with Gasteiger partial charge in [0.1, 0.15) is 0 Å². The first kappa shape index (κ1) is 21.9. The molecule has 162 valence electrons. The van der Waals surface area contributed by atoms with Crippen LogP contribution in [0.4, 0.5) is 5.69 Å². The Bertz CT molecular complexity index is 1140. The summed E-state index contributed by atoms with van der Waals surface area (Å²) >= 11 is 3.02. The molecule has 0 saturated heterocycles. The van der Waals surface area contributed by atoms with Crippen molar-refractivity contribution in [1.82, 2.24) is 9.97 Å². The molecule has 0 radical (unpaired) electrons. The summed E-state index contributed by atoms with van der Waals surface area (Å²) in [4.78, 5) is 23.1. The Morgan fingerprint density at radius 2 is 1.62 bits per heavy atom. The Morgan fingerprint density at radius 1 is 0.938 bits per heavy atom. The van der Waals surface area contributed by atoms with Crippen LogP contribution in [0.25, 0.3) is 0 Å². The SMILES string of the molecule is COc1cc(OC)nc([C@@H](Sc2ccc(NC(=O)c3cccs3)cc2)c2ccccc2)n1. The first-order valence-electron chi connectivity index (χ1n) is 9.80. The van der Waals surface area contributed by atoms with Gasteiger partial charge in [-0.3, -0.25) is 4.79 Å². The lowest BCUT2D eigenvalue weighted by Crippen LogP contribution is -2.09. The van der Waals surface area contributed by atoms with Gasteiger partial charge in [0, 0.05) is 10.6 Å². The third kappa shape index (κ3) is 5.27. The molecule has 2 heterocycles. The molecule has 0 saturated carbocycles. The van der Waals surface area contributed by atoms with Crippen LogP contribution < -0.4 is 14.8 Å². The number of hydrogen-bond donors (Lipinski definition) is 1. The Labute approximate surface area is 194 Å². The Balaban J connectivity index is 1.59. The van der Waals surface area contributed by atoms with E-state index in [4.69, 9.17) is 9.47 Å². The van der Waals surface area contributed by atoms with E-state index in [0.29, 0.717) is 22.5 Å². The monoisotopic (exact) mass is 463 g/mol. The smallest absolute Gasteiger partial charge is 0.265 e. The van der Waals surface area contributed by atoms with Crippen LogP contribution >= 0.6 is 23.1 Å². The van der Waals surface area contributed by atoms with Crippen molar-refractivity contribution in [3.8, 4) is 11.8 Å². The van der Waals surface area contributed by atoms with Crippen molar-refractivity contribution in [1.29, 1.82) is 0 Å². The summed E-state index contributed by atoms with van der Waals surface area (Å²) in [5.41, 5.74) is 1.80. The highest BCUT2D eigenvalue weighted by Crippen LogP contribution is 2.40. The second-order valence-corrected chi connectivity index (χ2v) is 8.80. The predicted molar refractivity (Wildman–Crippen MR) is 128 cm³/mol. The van der Waals surface area contributed by atoms with E-state index in [1.807, 2.05) is 66.0 Å². The number of carbonyl (C=O) groups is 1. The van der Waals surface area contributed by atoms with Crippen LogP contribution in [0.1, 0.15) is 26.3 Å².